The highest BCUT2D eigenvalue weighted by Gasteiger charge is 2.40. The Labute approximate surface area is 167 Å². The van der Waals surface area contributed by atoms with Crippen LogP contribution in [0.5, 0.6) is 5.75 Å². The lowest BCUT2D eigenvalue weighted by molar-refractivity contribution is -0.135. The van der Waals surface area contributed by atoms with Crippen molar-refractivity contribution in [3.05, 3.63) is 59.9 Å². The molecule has 0 saturated carbocycles. The van der Waals surface area contributed by atoms with Crippen LogP contribution in [-0.4, -0.2) is 47.6 Å². The number of carbonyl (C=O) groups is 1. The number of piperidine rings is 1. The Bertz CT molecular complexity index is 967. The summed E-state index contributed by atoms with van der Waals surface area (Å²) in [6, 6.07) is 10.3. The zero-order valence-corrected chi connectivity index (χ0v) is 16.2. The summed E-state index contributed by atoms with van der Waals surface area (Å²) >= 11 is 0. The topological polar surface area (TPSA) is 116 Å². The first kappa shape index (κ1) is 21.2. The lowest BCUT2D eigenvalue weighted by Gasteiger charge is -2.35. The van der Waals surface area contributed by atoms with Crippen LogP contribution in [0, 0.1) is 5.82 Å². The molecule has 0 aromatic heterocycles. The molecule has 0 bridgehead atoms. The second kappa shape index (κ2) is 8.87. The summed E-state index contributed by atoms with van der Waals surface area (Å²) in [5.74, 6) is -0.880. The summed E-state index contributed by atoms with van der Waals surface area (Å²) in [5.41, 5.74) is 2.08. The van der Waals surface area contributed by atoms with Gasteiger partial charge in [-0.2, -0.15) is 4.31 Å². The summed E-state index contributed by atoms with van der Waals surface area (Å²) in [7, 11) is -4.03. The van der Waals surface area contributed by atoms with Gasteiger partial charge in [-0.25, -0.2) is 18.3 Å². The maximum Gasteiger partial charge on any atom is 0.261 e. The number of hydrogen-bond donors (Lipinski definition) is 3. The first-order valence-electron chi connectivity index (χ1n) is 8.92. The highest BCUT2D eigenvalue weighted by Crippen LogP contribution is 2.27. The normalized spacial score (nSPS) is 20.2. The van der Waals surface area contributed by atoms with Gasteiger partial charge in [0.25, 0.3) is 5.91 Å². The number of halogens is 1. The first-order chi connectivity index (χ1) is 13.8. The van der Waals surface area contributed by atoms with Crippen LogP contribution in [0.15, 0.2) is 53.4 Å². The van der Waals surface area contributed by atoms with E-state index in [-0.39, 0.29) is 36.7 Å². The SMILES string of the molecule is O=C(NO)[C@H]1C[C@@H](O)CCN1S(=O)(=O)c1ccc(OCc2cccc(F)c2)cc1. The van der Waals surface area contributed by atoms with E-state index >= 15 is 0 Å². The monoisotopic (exact) mass is 424 g/mol. The van der Waals surface area contributed by atoms with Crippen LogP contribution in [0.3, 0.4) is 0 Å². The van der Waals surface area contributed by atoms with Gasteiger partial charge in [-0.15, -0.1) is 0 Å². The molecule has 8 nitrogen and oxygen atoms in total. The van der Waals surface area contributed by atoms with E-state index in [1.54, 1.807) is 12.1 Å². The first-order valence-corrected chi connectivity index (χ1v) is 10.4. The number of hydrogen-bond acceptors (Lipinski definition) is 6. The maximum absolute atomic E-state index is 13.2. The summed E-state index contributed by atoms with van der Waals surface area (Å²) < 4.78 is 45.6. The third-order valence-electron chi connectivity index (χ3n) is 4.66. The molecule has 1 amide bonds. The minimum atomic E-state index is -4.03. The Morgan fingerprint density at radius 3 is 2.62 bits per heavy atom. The van der Waals surface area contributed by atoms with E-state index in [1.165, 1.54) is 41.9 Å². The highest BCUT2D eigenvalue weighted by molar-refractivity contribution is 7.89. The fraction of sp³-hybridized carbons (Fsp3) is 0.316. The molecule has 1 aliphatic rings. The number of hydroxylamine groups is 1. The minimum Gasteiger partial charge on any atom is -0.489 e. The van der Waals surface area contributed by atoms with Gasteiger partial charge in [0.1, 0.15) is 24.2 Å². The number of nitrogens with one attached hydrogen (secondary N) is 1. The number of aliphatic hydroxyl groups excluding tert-OH is 1. The molecule has 2 atom stereocenters. The molecule has 3 N–H and O–H groups in total. The van der Waals surface area contributed by atoms with Crippen molar-refractivity contribution in [1.82, 2.24) is 9.79 Å². The summed E-state index contributed by atoms with van der Waals surface area (Å²) in [6.07, 6.45) is -0.758. The summed E-state index contributed by atoms with van der Waals surface area (Å²) in [6.45, 7) is 0.0615. The van der Waals surface area contributed by atoms with Crippen molar-refractivity contribution in [2.45, 2.75) is 36.5 Å². The van der Waals surface area contributed by atoms with Crippen molar-refractivity contribution in [2.75, 3.05) is 6.54 Å². The Balaban J connectivity index is 1.74. The average Bonchev–Trinajstić information content (AvgIpc) is 2.71. The maximum atomic E-state index is 13.2. The number of amides is 1. The van der Waals surface area contributed by atoms with Gasteiger partial charge in [-0.3, -0.25) is 10.0 Å². The predicted molar refractivity (Wildman–Crippen MR) is 100 cm³/mol. The molecule has 1 saturated heterocycles. The van der Waals surface area contributed by atoms with Crippen molar-refractivity contribution in [1.29, 1.82) is 0 Å². The Kier molecular flexibility index (Phi) is 6.48. The van der Waals surface area contributed by atoms with E-state index in [0.29, 0.717) is 11.3 Å². The number of benzene rings is 2. The molecular formula is C19H21FN2O6S. The van der Waals surface area contributed by atoms with Crippen LogP contribution >= 0.6 is 0 Å². The summed E-state index contributed by atoms with van der Waals surface area (Å²) in [5, 5.41) is 18.7. The van der Waals surface area contributed by atoms with Crippen LogP contribution in [0.2, 0.25) is 0 Å². The van der Waals surface area contributed by atoms with E-state index in [0.717, 1.165) is 4.31 Å². The van der Waals surface area contributed by atoms with Gasteiger partial charge < -0.3 is 9.84 Å². The predicted octanol–water partition coefficient (Wildman–Crippen LogP) is 1.42. The van der Waals surface area contributed by atoms with Gasteiger partial charge in [-0.1, -0.05) is 12.1 Å². The molecule has 156 valence electrons. The van der Waals surface area contributed by atoms with Gasteiger partial charge >= 0.3 is 0 Å². The van der Waals surface area contributed by atoms with E-state index in [2.05, 4.69) is 0 Å². The Hall–Kier alpha value is -2.53. The van der Waals surface area contributed by atoms with Crippen molar-refractivity contribution in [3.8, 4) is 5.75 Å². The van der Waals surface area contributed by atoms with E-state index in [1.807, 2.05) is 0 Å². The molecule has 29 heavy (non-hydrogen) atoms. The molecule has 0 radical (unpaired) electrons. The zero-order chi connectivity index (χ0) is 21.0. The average molecular weight is 424 g/mol. The second-order valence-corrected chi connectivity index (χ2v) is 8.57. The van der Waals surface area contributed by atoms with Gasteiger partial charge in [0.2, 0.25) is 10.0 Å². The molecule has 1 heterocycles. The third-order valence-corrected chi connectivity index (χ3v) is 6.59. The number of rotatable bonds is 6. The molecule has 3 rings (SSSR count). The number of carbonyl (C=O) groups excluding carboxylic acids is 1. The van der Waals surface area contributed by atoms with Gasteiger partial charge in [-0.05, 0) is 54.8 Å². The Morgan fingerprint density at radius 2 is 1.97 bits per heavy atom. The van der Waals surface area contributed by atoms with Gasteiger partial charge in [0, 0.05) is 6.54 Å². The Morgan fingerprint density at radius 1 is 1.24 bits per heavy atom. The minimum absolute atomic E-state index is 0.0530. The van der Waals surface area contributed by atoms with Gasteiger partial charge in [0.05, 0.1) is 11.0 Å². The van der Waals surface area contributed by atoms with Crippen LogP contribution < -0.4 is 10.2 Å². The lowest BCUT2D eigenvalue weighted by Crippen LogP contribution is -2.54. The smallest absolute Gasteiger partial charge is 0.261 e. The number of sulfonamides is 1. The number of aliphatic hydroxyl groups is 1. The van der Waals surface area contributed by atoms with Crippen molar-refractivity contribution >= 4 is 15.9 Å². The number of nitrogens with zero attached hydrogens (tertiary/aromatic N) is 1. The van der Waals surface area contributed by atoms with Crippen LogP contribution in [-0.2, 0) is 21.4 Å². The van der Waals surface area contributed by atoms with Gasteiger partial charge in [0.15, 0.2) is 0 Å². The standard InChI is InChI=1S/C19H21FN2O6S/c20-14-3-1-2-13(10-14)12-28-16-4-6-17(7-5-16)29(26,27)22-9-8-15(23)11-18(22)19(24)21-25/h1-7,10,15,18,23,25H,8-9,11-12H2,(H,21,24)/t15-,18+/m0/s1. The van der Waals surface area contributed by atoms with Crippen molar-refractivity contribution in [2.24, 2.45) is 0 Å². The van der Waals surface area contributed by atoms with Crippen LogP contribution in [0.4, 0.5) is 4.39 Å². The molecule has 1 aliphatic heterocycles. The van der Waals surface area contributed by atoms with E-state index in [9.17, 15) is 22.7 Å². The number of ether oxygens (including phenoxy) is 1. The molecule has 0 aliphatic carbocycles. The van der Waals surface area contributed by atoms with Crippen molar-refractivity contribution < 1.29 is 32.7 Å². The molecule has 0 spiro atoms. The summed E-state index contributed by atoms with van der Waals surface area (Å²) in [4.78, 5) is 11.8. The quantitative estimate of drug-likeness (QED) is 0.477. The van der Waals surface area contributed by atoms with E-state index in [4.69, 9.17) is 9.94 Å². The second-order valence-electron chi connectivity index (χ2n) is 6.68. The fourth-order valence-corrected chi connectivity index (χ4v) is 4.78. The molecule has 2 aromatic carbocycles. The third kappa shape index (κ3) is 4.91. The molecular weight excluding hydrogens is 403 g/mol. The molecule has 2 aromatic rings. The largest absolute Gasteiger partial charge is 0.489 e. The van der Waals surface area contributed by atoms with Crippen LogP contribution in [0.25, 0.3) is 0 Å². The molecule has 1 fully saturated rings. The molecule has 10 heteroatoms. The fourth-order valence-electron chi connectivity index (χ4n) is 3.16. The molecule has 0 unspecified atom stereocenters. The highest BCUT2D eigenvalue weighted by atomic mass is 32.2. The lowest BCUT2D eigenvalue weighted by atomic mass is 10.0. The van der Waals surface area contributed by atoms with E-state index < -0.39 is 28.1 Å². The zero-order valence-electron chi connectivity index (χ0n) is 15.4. The van der Waals surface area contributed by atoms with Crippen LogP contribution in [0.1, 0.15) is 18.4 Å². The van der Waals surface area contributed by atoms with Crippen molar-refractivity contribution in [3.63, 3.8) is 0 Å².